The van der Waals surface area contributed by atoms with Gasteiger partial charge in [0.15, 0.2) is 0 Å². The normalized spacial score (nSPS) is 21.7. The number of hydrogen-bond donors (Lipinski definition) is 0. The lowest BCUT2D eigenvalue weighted by Crippen LogP contribution is -2.29. The Morgan fingerprint density at radius 1 is 0.920 bits per heavy atom. The lowest BCUT2D eigenvalue weighted by Gasteiger charge is -2.18. The Labute approximate surface area is 149 Å². The average Bonchev–Trinajstić information content (AvgIpc) is 2.60. The largest absolute Gasteiger partial charge is 0.460 e. The second-order valence-corrected chi connectivity index (χ2v) is 5.40. The maximum absolute atomic E-state index is 11.2. The van der Waals surface area contributed by atoms with Crippen LogP contribution in [-0.4, -0.2) is 91.4 Å². The average molecular weight is 362 g/mol. The topological polar surface area (TPSA) is 81.7 Å². The van der Waals surface area contributed by atoms with Crippen LogP contribution in [0.15, 0.2) is 12.2 Å². The van der Waals surface area contributed by atoms with Crippen LogP contribution in [-0.2, 0) is 38.0 Å². The van der Waals surface area contributed by atoms with Crippen LogP contribution in [0.3, 0.4) is 0 Å². The number of ether oxygens (including phenoxy) is 7. The molecular weight excluding hydrogens is 332 g/mol. The summed E-state index contributed by atoms with van der Waals surface area (Å²) in [6.45, 7) is 10.4. The molecule has 146 valence electrons. The minimum absolute atomic E-state index is 0.177. The van der Waals surface area contributed by atoms with Crippen LogP contribution in [0.1, 0.15) is 6.92 Å². The third-order valence-corrected chi connectivity index (χ3v) is 3.11. The number of esters is 1. The highest BCUT2D eigenvalue weighted by Crippen LogP contribution is 1.98. The predicted molar refractivity (Wildman–Crippen MR) is 89.6 cm³/mol. The number of rotatable bonds is 6. The number of carbonyl (C=O) groups is 1. The number of carbonyl (C=O) groups excluding carboxylic acids is 1. The summed E-state index contributed by atoms with van der Waals surface area (Å²) >= 11 is 0. The zero-order valence-corrected chi connectivity index (χ0v) is 15.0. The van der Waals surface area contributed by atoms with Crippen molar-refractivity contribution in [2.24, 2.45) is 0 Å². The van der Waals surface area contributed by atoms with Gasteiger partial charge >= 0.3 is 5.97 Å². The van der Waals surface area contributed by atoms with Crippen molar-refractivity contribution in [2.75, 3.05) is 79.3 Å². The van der Waals surface area contributed by atoms with E-state index in [0.717, 1.165) is 0 Å². The Balaban J connectivity index is 2.20. The molecule has 1 atom stereocenters. The van der Waals surface area contributed by atoms with Crippen LogP contribution >= 0.6 is 0 Å². The molecule has 8 heteroatoms. The zero-order chi connectivity index (χ0) is 18.2. The first kappa shape index (κ1) is 22.0. The molecule has 1 fully saturated rings. The molecule has 25 heavy (non-hydrogen) atoms. The SMILES string of the molecule is C=C(C)C(=O)OCCOCC1COCCOCCOCCOCCO1. The van der Waals surface area contributed by atoms with Crippen LogP contribution in [0.2, 0.25) is 0 Å². The van der Waals surface area contributed by atoms with E-state index in [2.05, 4.69) is 6.58 Å². The summed E-state index contributed by atoms with van der Waals surface area (Å²) in [6.07, 6.45) is -0.221. The zero-order valence-electron chi connectivity index (χ0n) is 15.0. The monoisotopic (exact) mass is 362 g/mol. The molecule has 1 rings (SSSR count). The first-order valence-electron chi connectivity index (χ1n) is 8.53. The quantitative estimate of drug-likeness (QED) is 0.386. The molecule has 1 aliphatic heterocycles. The molecule has 8 nitrogen and oxygen atoms in total. The van der Waals surface area contributed by atoms with Crippen LogP contribution in [0.5, 0.6) is 0 Å². The Bertz CT molecular complexity index is 345. The highest BCUT2D eigenvalue weighted by Gasteiger charge is 2.11. The van der Waals surface area contributed by atoms with Gasteiger partial charge in [-0.3, -0.25) is 0 Å². The molecule has 0 aromatic carbocycles. The van der Waals surface area contributed by atoms with Gasteiger partial charge in [-0.1, -0.05) is 6.58 Å². The molecule has 0 radical (unpaired) electrons. The minimum atomic E-state index is -0.418. The van der Waals surface area contributed by atoms with Crippen molar-refractivity contribution in [3.63, 3.8) is 0 Å². The Kier molecular flexibility index (Phi) is 13.4. The maximum atomic E-state index is 11.2. The molecule has 1 saturated heterocycles. The summed E-state index contributed by atoms with van der Waals surface area (Å²) in [7, 11) is 0. The van der Waals surface area contributed by atoms with E-state index >= 15 is 0 Å². The molecule has 1 aliphatic rings. The Hall–Kier alpha value is -1.03. The molecule has 0 aromatic heterocycles. The molecule has 0 spiro atoms. The fourth-order valence-electron chi connectivity index (χ4n) is 1.82. The fraction of sp³-hybridized carbons (Fsp3) is 0.824. The van der Waals surface area contributed by atoms with Gasteiger partial charge in [-0.05, 0) is 6.92 Å². The summed E-state index contributed by atoms with van der Waals surface area (Å²) in [4.78, 5) is 11.2. The van der Waals surface area contributed by atoms with E-state index in [1.54, 1.807) is 6.92 Å². The highest BCUT2D eigenvalue weighted by molar-refractivity contribution is 5.86. The second-order valence-electron chi connectivity index (χ2n) is 5.40. The second kappa shape index (κ2) is 15.2. The molecular formula is C17H30O8. The van der Waals surface area contributed by atoms with E-state index in [1.165, 1.54) is 0 Å². The van der Waals surface area contributed by atoms with Crippen LogP contribution in [0.25, 0.3) is 0 Å². The van der Waals surface area contributed by atoms with Gasteiger partial charge in [0.25, 0.3) is 0 Å². The summed E-state index contributed by atoms with van der Waals surface area (Å²) in [5.74, 6) is -0.418. The lowest BCUT2D eigenvalue weighted by molar-refractivity contribution is -0.141. The van der Waals surface area contributed by atoms with E-state index in [4.69, 9.17) is 33.2 Å². The first-order valence-corrected chi connectivity index (χ1v) is 8.53. The molecule has 0 aromatic rings. The first-order chi connectivity index (χ1) is 12.2. The van der Waals surface area contributed by atoms with Crippen molar-refractivity contribution in [3.8, 4) is 0 Å². The maximum Gasteiger partial charge on any atom is 0.333 e. The van der Waals surface area contributed by atoms with E-state index in [0.29, 0.717) is 71.6 Å². The van der Waals surface area contributed by atoms with E-state index in [9.17, 15) is 4.79 Å². The third kappa shape index (κ3) is 12.9. The van der Waals surface area contributed by atoms with Crippen molar-refractivity contribution < 1.29 is 38.0 Å². The fourth-order valence-corrected chi connectivity index (χ4v) is 1.82. The molecule has 1 heterocycles. The van der Waals surface area contributed by atoms with E-state index in [1.807, 2.05) is 0 Å². The summed E-state index contributed by atoms with van der Waals surface area (Å²) in [6, 6.07) is 0. The van der Waals surface area contributed by atoms with Gasteiger partial charge in [0.05, 0.1) is 72.7 Å². The van der Waals surface area contributed by atoms with Gasteiger partial charge in [-0.25, -0.2) is 4.79 Å². The van der Waals surface area contributed by atoms with Gasteiger partial charge in [0, 0.05) is 5.57 Å². The van der Waals surface area contributed by atoms with Gasteiger partial charge in [-0.15, -0.1) is 0 Å². The van der Waals surface area contributed by atoms with Crippen molar-refractivity contribution in [3.05, 3.63) is 12.2 Å². The van der Waals surface area contributed by atoms with Crippen LogP contribution < -0.4 is 0 Å². The molecule has 0 amide bonds. The minimum Gasteiger partial charge on any atom is -0.460 e. The summed E-state index contributed by atoms with van der Waals surface area (Å²) in [5.41, 5.74) is 0.367. The van der Waals surface area contributed by atoms with Crippen molar-refractivity contribution >= 4 is 5.97 Å². The third-order valence-electron chi connectivity index (χ3n) is 3.11. The lowest BCUT2D eigenvalue weighted by atomic mass is 10.4. The molecule has 1 unspecified atom stereocenters. The summed E-state index contributed by atoms with van der Waals surface area (Å²) in [5, 5.41) is 0. The Morgan fingerprint density at radius 3 is 2.08 bits per heavy atom. The van der Waals surface area contributed by atoms with Gasteiger partial charge < -0.3 is 33.2 Å². The standard InChI is InChI=1S/C17H30O8/c1-15(2)17(18)25-12-10-23-14-16-13-22-8-7-20-4-3-19-5-6-21-9-11-24-16/h16H,1,3-14H2,2H3. The van der Waals surface area contributed by atoms with E-state index in [-0.39, 0.29) is 19.3 Å². The van der Waals surface area contributed by atoms with Crippen LogP contribution in [0, 0.1) is 0 Å². The van der Waals surface area contributed by atoms with Crippen LogP contribution in [0.4, 0.5) is 0 Å². The molecule has 0 N–H and O–H groups in total. The summed E-state index contributed by atoms with van der Waals surface area (Å²) < 4.78 is 37.8. The smallest absolute Gasteiger partial charge is 0.333 e. The predicted octanol–water partition coefficient (Wildman–Crippen LogP) is 0.588. The van der Waals surface area contributed by atoms with Gasteiger partial charge in [-0.2, -0.15) is 0 Å². The molecule has 0 bridgehead atoms. The Morgan fingerprint density at radius 2 is 1.48 bits per heavy atom. The molecule has 0 saturated carbocycles. The van der Waals surface area contributed by atoms with Crippen molar-refractivity contribution in [2.45, 2.75) is 13.0 Å². The number of hydrogen-bond acceptors (Lipinski definition) is 8. The van der Waals surface area contributed by atoms with E-state index < -0.39 is 5.97 Å². The highest BCUT2D eigenvalue weighted by atomic mass is 16.6. The van der Waals surface area contributed by atoms with Gasteiger partial charge in [0.1, 0.15) is 12.7 Å². The molecule has 0 aliphatic carbocycles. The van der Waals surface area contributed by atoms with Crippen molar-refractivity contribution in [1.29, 1.82) is 0 Å². The van der Waals surface area contributed by atoms with Crippen molar-refractivity contribution in [1.82, 2.24) is 0 Å². The van der Waals surface area contributed by atoms with Gasteiger partial charge in [0.2, 0.25) is 0 Å².